The molecule has 0 aromatic heterocycles. The number of carbonyl (C=O) groups is 2. The fourth-order valence-electron chi connectivity index (χ4n) is 1.51. The van der Waals surface area contributed by atoms with Crippen molar-refractivity contribution < 1.29 is 27.9 Å². The lowest BCUT2D eigenvalue weighted by atomic mass is 10.2. The number of carboxylic acid groups (broad SMARTS) is 1. The average Bonchev–Trinajstić information content (AvgIpc) is 2.42. The van der Waals surface area contributed by atoms with Crippen LogP contribution >= 0.6 is 11.6 Å². The highest BCUT2D eigenvalue weighted by atomic mass is 35.5. The van der Waals surface area contributed by atoms with Gasteiger partial charge in [-0.2, -0.15) is 4.72 Å². The van der Waals surface area contributed by atoms with Gasteiger partial charge in [0.15, 0.2) is 0 Å². The summed E-state index contributed by atoms with van der Waals surface area (Å²) in [7, 11) is -2.95. The smallest absolute Gasteiger partial charge is 0.321 e. The summed E-state index contributed by atoms with van der Waals surface area (Å²) in [5.41, 5.74) is 0. The Morgan fingerprint density at radius 1 is 1.38 bits per heavy atom. The van der Waals surface area contributed by atoms with Gasteiger partial charge in [0.1, 0.15) is 10.9 Å². The standard InChI is InChI=1S/C12H14ClNO6S/c1-20-11(15)7-6-9(12(16)17)14-21(18,19)10-5-3-2-4-8(10)13/h2-5,9,14H,6-7H2,1H3,(H,16,17)/t9-/m1/s1. The molecule has 2 N–H and O–H groups in total. The summed E-state index contributed by atoms with van der Waals surface area (Å²) in [6.07, 6.45) is -0.454. The van der Waals surface area contributed by atoms with Crippen molar-refractivity contribution in [3.63, 3.8) is 0 Å². The molecule has 9 heteroatoms. The number of rotatable bonds is 7. The van der Waals surface area contributed by atoms with Gasteiger partial charge in [0.2, 0.25) is 10.0 Å². The van der Waals surface area contributed by atoms with Crippen LogP contribution in [0.1, 0.15) is 12.8 Å². The van der Waals surface area contributed by atoms with Crippen LogP contribution in [0.2, 0.25) is 5.02 Å². The van der Waals surface area contributed by atoms with Crippen molar-refractivity contribution >= 4 is 33.6 Å². The van der Waals surface area contributed by atoms with Gasteiger partial charge >= 0.3 is 11.9 Å². The van der Waals surface area contributed by atoms with E-state index in [2.05, 4.69) is 4.74 Å². The molecule has 0 radical (unpaired) electrons. The number of halogens is 1. The van der Waals surface area contributed by atoms with Gasteiger partial charge in [-0.05, 0) is 18.6 Å². The maximum atomic E-state index is 12.1. The van der Waals surface area contributed by atoms with Gasteiger partial charge in [-0.15, -0.1) is 0 Å². The van der Waals surface area contributed by atoms with Crippen molar-refractivity contribution in [3.8, 4) is 0 Å². The highest BCUT2D eigenvalue weighted by molar-refractivity contribution is 7.89. The van der Waals surface area contributed by atoms with Crippen LogP contribution in [0.4, 0.5) is 0 Å². The fourth-order valence-corrected chi connectivity index (χ4v) is 3.25. The quantitative estimate of drug-likeness (QED) is 0.720. The molecule has 0 saturated carbocycles. The van der Waals surface area contributed by atoms with Gasteiger partial charge in [0.05, 0.1) is 12.1 Å². The van der Waals surface area contributed by atoms with Gasteiger partial charge in [0, 0.05) is 6.42 Å². The number of esters is 1. The third-order valence-electron chi connectivity index (χ3n) is 2.59. The summed E-state index contributed by atoms with van der Waals surface area (Å²) in [6.45, 7) is 0. The van der Waals surface area contributed by atoms with E-state index in [1.165, 1.54) is 18.2 Å². The summed E-state index contributed by atoms with van der Waals surface area (Å²) in [6, 6.07) is 4.19. The van der Waals surface area contributed by atoms with E-state index in [0.29, 0.717) is 0 Å². The maximum Gasteiger partial charge on any atom is 0.321 e. The lowest BCUT2D eigenvalue weighted by Crippen LogP contribution is -2.41. The van der Waals surface area contributed by atoms with E-state index >= 15 is 0 Å². The van der Waals surface area contributed by atoms with Gasteiger partial charge in [-0.3, -0.25) is 9.59 Å². The van der Waals surface area contributed by atoms with E-state index in [9.17, 15) is 18.0 Å². The molecule has 1 rings (SSSR count). The number of ether oxygens (including phenoxy) is 1. The Hall–Kier alpha value is -1.64. The molecule has 0 amide bonds. The number of nitrogens with one attached hydrogen (secondary N) is 1. The minimum atomic E-state index is -4.10. The summed E-state index contributed by atoms with van der Waals surface area (Å²) < 4.78 is 30.6. The molecule has 0 bridgehead atoms. The summed E-state index contributed by atoms with van der Waals surface area (Å²) in [4.78, 5) is 21.9. The second-order valence-electron chi connectivity index (χ2n) is 4.06. The minimum Gasteiger partial charge on any atom is -0.480 e. The molecule has 1 atom stereocenters. The first kappa shape index (κ1) is 17.4. The minimum absolute atomic E-state index is 0.0258. The van der Waals surface area contributed by atoms with Crippen LogP contribution < -0.4 is 4.72 Å². The van der Waals surface area contributed by atoms with Crippen molar-refractivity contribution in [1.29, 1.82) is 0 Å². The van der Waals surface area contributed by atoms with Crippen LogP contribution in [-0.4, -0.2) is 38.6 Å². The van der Waals surface area contributed by atoms with Crippen molar-refractivity contribution in [2.75, 3.05) is 7.11 Å². The predicted octanol–water partition coefficient (Wildman–Crippen LogP) is 1.02. The molecule has 7 nitrogen and oxygen atoms in total. The second kappa shape index (κ2) is 7.39. The number of methoxy groups -OCH3 is 1. The van der Waals surface area contributed by atoms with Gasteiger partial charge in [0.25, 0.3) is 0 Å². The number of benzene rings is 1. The molecule has 0 fully saturated rings. The Morgan fingerprint density at radius 2 is 2.00 bits per heavy atom. The number of hydrogen-bond donors (Lipinski definition) is 2. The molecule has 0 heterocycles. The van der Waals surface area contributed by atoms with E-state index < -0.39 is 28.0 Å². The normalized spacial score (nSPS) is 12.7. The van der Waals surface area contributed by atoms with Crippen molar-refractivity contribution in [2.45, 2.75) is 23.8 Å². The highest BCUT2D eigenvalue weighted by Gasteiger charge is 2.27. The first-order valence-electron chi connectivity index (χ1n) is 5.84. The Morgan fingerprint density at radius 3 is 2.52 bits per heavy atom. The van der Waals surface area contributed by atoms with E-state index in [1.54, 1.807) is 6.07 Å². The molecule has 0 aliphatic carbocycles. The Bertz CT molecular complexity index is 630. The molecule has 0 aliphatic rings. The first-order chi connectivity index (χ1) is 9.77. The topological polar surface area (TPSA) is 110 Å². The largest absolute Gasteiger partial charge is 0.480 e. The van der Waals surface area contributed by atoms with Crippen molar-refractivity contribution in [3.05, 3.63) is 29.3 Å². The lowest BCUT2D eigenvalue weighted by molar-refractivity contribution is -0.142. The monoisotopic (exact) mass is 335 g/mol. The molecule has 21 heavy (non-hydrogen) atoms. The maximum absolute atomic E-state index is 12.1. The Kier molecular flexibility index (Phi) is 6.13. The summed E-state index contributed by atoms with van der Waals surface area (Å²) in [5.74, 6) is -2.02. The van der Waals surface area contributed by atoms with Crippen LogP contribution in [0.3, 0.4) is 0 Å². The molecule has 1 aromatic rings. The average molecular weight is 336 g/mol. The summed E-state index contributed by atoms with van der Waals surface area (Å²) in [5, 5.41) is 9.00. The highest BCUT2D eigenvalue weighted by Crippen LogP contribution is 2.20. The summed E-state index contributed by atoms with van der Waals surface area (Å²) >= 11 is 5.78. The van der Waals surface area contributed by atoms with Crippen molar-refractivity contribution in [2.24, 2.45) is 0 Å². The van der Waals surface area contributed by atoms with E-state index in [-0.39, 0.29) is 22.8 Å². The third kappa shape index (κ3) is 5.00. The van der Waals surface area contributed by atoms with Crippen LogP contribution in [0.5, 0.6) is 0 Å². The molecule has 0 saturated heterocycles. The first-order valence-corrected chi connectivity index (χ1v) is 7.70. The van der Waals surface area contributed by atoms with Gasteiger partial charge in [-0.25, -0.2) is 8.42 Å². The molecular formula is C12H14ClNO6S. The molecule has 0 aliphatic heterocycles. The van der Waals surface area contributed by atoms with Crippen LogP contribution in [0.15, 0.2) is 29.2 Å². The zero-order valence-corrected chi connectivity index (χ0v) is 12.6. The molecule has 116 valence electrons. The molecule has 0 spiro atoms. The van der Waals surface area contributed by atoms with E-state index in [4.69, 9.17) is 16.7 Å². The van der Waals surface area contributed by atoms with Gasteiger partial charge < -0.3 is 9.84 Å². The van der Waals surface area contributed by atoms with Gasteiger partial charge in [-0.1, -0.05) is 23.7 Å². The van der Waals surface area contributed by atoms with E-state index in [1.807, 2.05) is 4.72 Å². The zero-order chi connectivity index (χ0) is 16.0. The fraction of sp³-hybridized carbons (Fsp3) is 0.333. The lowest BCUT2D eigenvalue weighted by Gasteiger charge is -2.14. The Balaban J connectivity index is 2.90. The third-order valence-corrected chi connectivity index (χ3v) is 4.56. The predicted molar refractivity (Wildman–Crippen MR) is 74.4 cm³/mol. The van der Waals surface area contributed by atoms with Crippen molar-refractivity contribution in [1.82, 2.24) is 4.72 Å². The van der Waals surface area contributed by atoms with Crippen LogP contribution in [-0.2, 0) is 24.3 Å². The number of carboxylic acids is 1. The molecule has 0 unspecified atom stereocenters. The number of sulfonamides is 1. The number of aliphatic carboxylic acids is 1. The van der Waals surface area contributed by atoms with Crippen LogP contribution in [0, 0.1) is 0 Å². The zero-order valence-electron chi connectivity index (χ0n) is 11.1. The number of hydrogen-bond acceptors (Lipinski definition) is 5. The Labute approximate surface area is 126 Å². The molecular weight excluding hydrogens is 322 g/mol. The van der Waals surface area contributed by atoms with Crippen LogP contribution in [0.25, 0.3) is 0 Å². The molecule has 1 aromatic carbocycles. The van der Waals surface area contributed by atoms with E-state index in [0.717, 1.165) is 7.11 Å². The SMILES string of the molecule is COC(=O)CC[C@@H](NS(=O)(=O)c1ccccc1Cl)C(=O)O. The number of carbonyl (C=O) groups excluding carboxylic acids is 1. The second-order valence-corrected chi connectivity index (χ2v) is 6.15.